The Morgan fingerprint density at radius 3 is 2.10 bits per heavy atom. The summed E-state index contributed by atoms with van der Waals surface area (Å²) in [5, 5.41) is 3.49. The molecular weight excluding hydrogens is 256 g/mol. The zero-order valence-electron chi connectivity index (χ0n) is 13.6. The average molecular weight is 286 g/mol. The van der Waals surface area contributed by atoms with Crippen molar-refractivity contribution >= 4 is 0 Å². The molecule has 2 heteroatoms. The number of nitrogens with zero attached hydrogens (tertiary/aromatic N) is 1. The molecule has 1 N–H and O–H groups in total. The van der Waals surface area contributed by atoms with Crippen LogP contribution in [0.2, 0.25) is 0 Å². The van der Waals surface area contributed by atoms with Crippen LogP contribution >= 0.6 is 0 Å². The van der Waals surface area contributed by atoms with E-state index in [2.05, 4.69) is 48.3 Å². The van der Waals surface area contributed by atoms with E-state index < -0.39 is 0 Å². The van der Waals surface area contributed by atoms with Gasteiger partial charge in [0.2, 0.25) is 0 Å². The van der Waals surface area contributed by atoms with E-state index in [1.165, 1.54) is 44.3 Å². The Labute approximate surface area is 129 Å². The Bertz CT molecular complexity index is 425. The van der Waals surface area contributed by atoms with Gasteiger partial charge >= 0.3 is 0 Å². The summed E-state index contributed by atoms with van der Waals surface area (Å²) in [6.07, 6.45) is 5.69. The lowest BCUT2D eigenvalue weighted by Gasteiger charge is -2.38. The molecule has 1 heterocycles. The Morgan fingerprint density at radius 1 is 0.952 bits per heavy atom. The van der Waals surface area contributed by atoms with Gasteiger partial charge in [-0.05, 0) is 35.8 Å². The predicted molar refractivity (Wildman–Crippen MR) is 89.7 cm³/mol. The molecule has 1 aromatic carbocycles. The fourth-order valence-electron chi connectivity index (χ4n) is 4.09. The first-order chi connectivity index (χ1) is 10.3. The molecule has 0 unspecified atom stereocenters. The maximum atomic E-state index is 3.49. The molecule has 116 valence electrons. The SMILES string of the molecule is CC(C)c1ccc([C@@H](C2CCCC2)N2CCNCC2)cc1. The van der Waals surface area contributed by atoms with Crippen molar-refractivity contribution in [1.82, 2.24) is 10.2 Å². The quantitative estimate of drug-likeness (QED) is 0.901. The molecule has 3 rings (SSSR count). The Hall–Kier alpha value is -0.860. The van der Waals surface area contributed by atoms with Crippen molar-refractivity contribution in [3.05, 3.63) is 35.4 Å². The van der Waals surface area contributed by atoms with Crippen LogP contribution in [-0.2, 0) is 0 Å². The van der Waals surface area contributed by atoms with Gasteiger partial charge in [-0.25, -0.2) is 0 Å². The molecule has 1 saturated heterocycles. The first-order valence-corrected chi connectivity index (χ1v) is 8.80. The first-order valence-electron chi connectivity index (χ1n) is 8.80. The van der Waals surface area contributed by atoms with Gasteiger partial charge in [0.15, 0.2) is 0 Å². The fraction of sp³-hybridized carbons (Fsp3) is 0.684. The van der Waals surface area contributed by atoms with E-state index in [1.807, 2.05) is 0 Å². The maximum Gasteiger partial charge on any atom is 0.0377 e. The van der Waals surface area contributed by atoms with Gasteiger partial charge in [-0.1, -0.05) is 51.0 Å². The number of benzene rings is 1. The second-order valence-corrected chi connectivity index (χ2v) is 7.10. The number of nitrogens with one attached hydrogen (secondary N) is 1. The Balaban J connectivity index is 1.82. The Kier molecular flexibility index (Phi) is 4.97. The summed E-state index contributed by atoms with van der Waals surface area (Å²) in [6, 6.07) is 10.2. The van der Waals surface area contributed by atoms with E-state index >= 15 is 0 Å². The third kappa shape index (κ3) is 3.49. The molecule has 0 radical (unpaired) electrons. The van der Waals surface area contributed by atoms with E-state index in [-0.39, 0.29) is 0 Å². The molecular formula is C19H30N2. The summed E-state index contributed by atoms with van der Waals surface area (Å²) in [4.78, 5) is 2.73. The second kappa shape index (κ2) is 6.93. The number of hydrogen-bond acceptors (Lipinski definition) is 2. The standard InChI is InChI=1S/C19H30N2/c1-15(2)16-7-9-18(10-8-16)19(17-5-3-4-6-17)21-13-11-20-12-14-21/h7-10,15,17,19-20H,3-6,11-14H2,1-2H3/t19-/m1/s1. The summed E-state index contributed by atoms with van der Waals surface area (Å²) < 4.78 is 0. The van der Waals surface area contributed by atoms with Gasteiger partial charge in [0, 0.05) is 32.2 Å². The van der Waals surface area contributed by atoms with Crippen molar-refractivity contribution in [1.29, 1.82) is 0 Å². The zero-order chi connectivity index (χ0) is 14.7. The number of piperazine rings is 1. The summed E-state index contributed by atoms with van der Waals surface area (Å²) in [6.45, 7) is 9.25. The highest BCUT2D eigenvalue weighted by atomic mass is 15.2. The van der Waals surface area contributed by atoms with Crippen LogP contribution in [0, 0.1) is 5.92 Å². The number of hydrogen-bond donors (Lipinski definition) is 1. The molecule has 1 aromatic rings. The summed E-state index contributed by atoms with van der Waals surface area (Å²) in [5.41, 5.74) is 3.01. The lowest BCUT2D eigenvalue weighted by atomic mass is 9.88. The minimum Gasteiger partial charge on any atom is -0.314 e. The summed E-state index contributed by atoms with van der Waals surface area (Å²) in [7, 11) is 0. The van der Waals surface area contributed by atoms with E-state index in [0.717, 1.165) is 19.0 Å². The van der Waals surface area contributed by atoms with Gasteiger partial charge in [-0.2, -0.15) is 0 Å². The monoisotopic (exact) mass is 286 g/mol. The van der Waals surface area contributed by atoms with Crippen LogP contribution in [0.15, 0.2) is 24.3 Å². The topological polar surface area (TPSA) is 15.3 Å². The van der Waals surface area contributed by atoms with Gasteiger partial charge < -0.3 is 5.32 Å². The van der Waals surface area contributed by atoms with Crippen LogP contribution in [0.25, 0.3) is 0 Å². The first kappa shape index (κ1) is 15.1. The average Bonchev–Trinajstić information content (AvgIpc) is 3.03. The van der Waals surface area contributed by atoms with Crippen molar-refractivity contribution in [2.75, 3.05) is 26.2 Å². The van der Waals surface area contributed by atoms with Crippen LogP contribution in [0.1, 0.15) is 62.6 Å². The molecule has 0 spiro atoms. The predicted octanol–water partition coefficient (Wildman–Crippen LogP) is 3.95. The van der Waals surface area contributed by atoms with E-state index in [4.69, 9.17) is 0 Å². The normalized spacial score (nSPS) is 22.8. The molecule has 1 aliphatic carbocycles. The maximum absolute atomic E-state index is 3.49. The van der Waals surface area contributed by atoms with Crippen LogP contribution in [0.4, 0.5) is 0 Å². The molecule has 0 aromatic heterocycles. The van der Waals surface area contributed by atoms with Crippen molar-refractivity contribution in [2.45, 2.75) is 51.5 Å². The molecule has 2 aliphatic rings. The molecule has 2 nitrogen and oxygen atoms in total. The van der Waals surface area contributed by atoms with Crippen LogP contribution < -0.4 is 5.32 Å². The highest BCUT2D eigenvalue weighted by Crippen LogP contribution is 2.39. The van der Waals surface area contributed by atoms with Crippen molar-refractivity contribution < 1.29 is 0 Å². The van der Waals surface area contributed by atoms with E-state index in [9.17, 15) is 0 Å². The lowest BCUT2D eigenvalue weighted by molar-refractivity contribution is 0.125. The van der Waals surface area contributed by atoms with Gasteiger partial charge in [-0.3, -0.25) is 4.90 Å². The molecule has 1 aliphatic heterocycles. The molecule has 21 heavy (non-hydrogen) atoms. The summed E-state index contributed by atoms with van der Waals surface area (Å²) >= 11 is 0. The smallest absolute Gasteiger partial charge is 0.0377 e. The van der Waals surface area contributed by atoms with Crippen molar-refractivity contribution in [2.24, 2.45) is 5.92 Å². The van der Waals surface area contributed by atoms with Crippen LogP contribution in [0.5, 0.6) is 0 Å². The fourth-order valence-corrected chi connectivity index (χ4v) is 4.09. The van der Waals surface area contributed by atoms with Gasteiger partial charge in [0.05, 0.1) is 0 Å². The second-order valence-electron chi connectivity index (χ2n) is 7.10. The van der Waals surface area contributed by atoms with E-state index in [0.29, 0.717) is 12.0 Å². The zero-order valence-corrected chi connectivity index (χ0v) is 13.6. The highest BCUT2D eigenvalue weighted by Gasteiger charge is 2.31. The minimum absolute atomic E-state index is 0.628. The van der Waals surface area contributed by atoms with Gasteiger partial charge in [-0.15, -0.1) is 0 Å². The largest absolute Gasteiger partial charge is 0.314 e. The van der Waals surface area contributed by atoms with Gasteiger partial charge in [0.25, 0.3) is 0 Å². The third-order valence-electron chi connectivity index (χ3n) is 5.34. The molecule has 0 amide bonds. The van der Waals surface area contributed by atoms with Crippen LogP contribution in [0.3, 0.4) is 0 Å². The lowest BCUT2D eigenvalue weighted by Crippen LogP contribution is -2.46. The van der Waals surface area contributed by atoms with Crippen molar-refractivity contribution in [3.63, 3.8) is 0 Å². The Morgan fingerprint density at radius 2 is 1.52 bits per heavy atom. The minimum atomic E-state index is 0.628. The van der Waals surface area contributed by atoms with Gasteiger partial charge in [0.1, 0.15) is 0 Å². The van der Waals surface area contributed by atoms with Crippen molar-refractivity contribution in [3.8, 4) is 0 Å². The number of rotatable bonds is 4. The van der Waals surface area contributed by atoms with Crippen LogP contribution in [-0.4, -0.2) is 31.1 Å². The molecule has 0 bridgehead atoms. The molecule has 1 saturated carbocycles. The van der Waals surface area contributed by atoms with E-state index in [1.54, 1.807) is 5.56 Å². The summed E-state index contributed by atoms with van der Waals surface area (Å²) in [5.74, 6) is 1.50. The molecule has 1 atom stereocenters. The third-order valence-corrected chi connectivity index (χ3v) is 5.34. The highest BCUT2D eigenvalue weighted by molar-refractivity contribution is 5.27. The molecule has 2 fully saturated rings.